The SMILES string of the molecule is CCC(=O)Nc1nc2c(OC)cc(NC(=O)Nc3ccc4c(c3)OCO4)cc2s1. The molecule has 2 aromatic carbocycles. The molecule has 2 heterocycles. The van der Waals surface area contributed by atoms with E-state index in [9.17, 15) is 9.59 Å². The van der Waals surface area contributed by atoms with Crippen LogP contribution in [0, 0.1) is 0 Å². The maximum absolute atomic E-state index is 12.4. The lowest BCUT2D eigenvalue weighted by Gasteiger charge is -2.10. The lowest BCUT2D eigenvalue weighted by Crippen LogP contribution is -2.19. The molecule has 9 nitrogen and oxygen atoms in total. The fourth-order valence-corrected chi connectivity index (χ4v) is 3.69. The average molecular weight is 414 g/mol. The molecule has 1 aromatic heterocycles. The normalized spacial score (nSPS) is 11.9. The Hall–Kier alpha value is -3.53. The molecule has 3 aromatic rings. The summed E-state index contributed by atoms with van der Waals surface area (Å²) in [4.78, 5) is 28.4. The summed E-state index contributed by atoms with van der Waals surface area (Å²) in [6.07, 6.45) is 0.361. The number of urea groups is 1. The first kappa shape index (κ1) is 18.8. The molecule has 1 aliphatic rings. The van der Waals surface area contributed by atoms with Crippen molar-refractivity contribution in [2.24, 2.45) is 0 Å². The van der Waals surface area contributed by atoms with E-state index >= 15 is 0 Å². The Morgan fingerprint density at radius 2 is 1.90 bits per heavy atom. The van der Waals surface area contributed by atoms with Crippen LogP contribution >= 0.6 is 11.3 Å². The molecule has 29 heavy (non-hydrogen) atoms. The third-order valence-corrected chi connectivity index (χ3v) is 5.05. The zero-order valence-corrected chi connectivity index (χ0v) is 16.5. The number of hydrogen-bond acceptors (Lipinski definition) is 7. The molecule has 0 saturated heterocycles. The van der Waals surface area contributed by atoms with Crippen molar-refractivity contribution in [2.75, 3.05) is 29.9 Å². The van der Waals surface area contributed by atoms with Crippen LogP contribution in [0.3, 0.4) is 0 Å². The minimum atomic E-state index is -0.422. The largest absolute Gasteiger partial charge is 0.494 e. The topological polar surface area (TPSA) is 111 Å². The fourth-order valence-electron chi connectivity index (χ4n) is 2.76. The molecule has 0 radical (unpaired) electrons. The summed E-state index contributed by atoms with van der Waals surface area (Å²) in [7, 11) is 1.52. The van der Waals surface area contributed by atoms with Gasteiger partial charge >= 0.3 is 6.03 Å². The second kappa shape index (κ2) is 7.84. The second-order valence-electron chi connectivity index (χ2n) is 6.09. The van der Waals surface area contributed by atoms with Gasteiger partial charge in [0.1, 0.15) is 11.3 Å². The molecule has 0 fully saturated rings. The third-order valence-electron chi connectivity index (χ3n) is 4.14. The summed E-state index contributed by atoms with van der Waals surface area (Å²) in [6, 6.07) is 8.18. The minimum absolute atomic E-state index is 0.121. The van der Waals surface area contributed by atoms with E-state index in [4.69, 9.17) is 14.2 Å². The Kier molecular flexibility index (Phi) is 5.09. The number of aromatic nitrogens is 1. The molecule has 0 aliphatic carbocycles. The smallest absolute Gasteiger partial charge is 0.323 e. The summed E-state index contributed by atoms with van der Waals surface area (Å²) in [5.41, 5.74) is 1.72. The molecule has 0 spiro atoms. The summed E-state index contributed by atoms with van der Waals surface area (Å²) in [5, 5.41) is 8.74. The Bertz CT molecular complexity index is 1100. The van der Waals surface area contributed by atoms with Gasteiger partial charge in [-0.1, -0.05) is 18.3 Å². The highest BCUT2D eigenvalue weighted by molar-refractivity contribution is 7.22. The first-order valence-electron chi connectivity index (χ1n) is 8.82. The zero-order valence-electron chi connectivity index (χ0n) is 15.7. The fraction of sp³-hybridized carbons (Fsp3) is 0.211. The van der Waals surface area contributed by atoms with Gasteiger partial charge in [-0.05, 0) is 18.2 Å². The number of anilines is 3. The minimum Gasteiger partial charge on any atom is -0.494 e. The number of nitrogens with zero attached hydrogens (tertiary/aromatic N) is 1. The van der Waals surface area contributed by atoms with E-state index < -0.39 is 6.03 Å². The predicted molar refractivity (Wildman–Crippen MR) is 110 cm³/mol. The summed E-state index contributed by atoms with van der Waals surface area (Å²) >= 11 is 1.30. The summed E-state index contributed by atoms with van der Waals surface area (Å²) < 4.78 is 16.7. The van der Waals surface area contributed by atoms with Crippen LogP contribution in [0.1, 0.15) is 13.3 Å². The van der Waals surface area contributed by atoms with Gasteiger partial charge in [-0.25, -0.2) is 9.78 Å². The molecule has 10 heteroatoms. The zero-order chi connectivity index (χ0) is 20.4. The van der Waals surface area contributed by atoms with Gasteiger partial charge in [0.2, 0.25) is 12.7 Å². The molecule has 3 amide bonds. The Labute approximate surface area is 170 Å². The van der Waals surface area contributed by atoms with Crippen molar-refractivity contribution in [1.82, 2.24) is 4.98 Å². The highest BCUT2D eigenvalue weighted by Gasteiger charge is 2.16. The number of ether oxygens (including phenoxy) is 3. The quantitative estimate of drug-likeness (QED) is 0.581. The lowest BCUT2D eigenvalue weighted by atomic mass is 10.2. The van der Waals surface area contributed by atoms with E-state index in [2.05, 4.69) is 20.9 Å². The van der Waals surface area contributed by atoms with E-state index in [-0.39, 0.29) is 12.7 Å². The van der Waals surface area contributed by atoms with E-state index in [1.54, 1.807) is 37.3 Å². The van der Waals surface area contributed by atoms with Crippen LogP contribution in [0.2, 0.25) is 0 Å². The van der Waals surface area contributed by atoms with Crippen molar-refractivity contribution < 1.29 is 23.8 Å². The molecule has 4 rings (SSSR count). The van der Waals surface area contributed by atoms with E-state index in [1.807, 2.05) is 0 Å². The number of thiazole rings is 1. The number of methoxy groups -OCH3 is 1. The highest BCUT2D eigenvalue weighted by atomic mass is 32.1. The van der Waals surface area contributed by atoms with Crippen molar-refractivity contribution >= 4 is 50.0 Å². The van der Waals surface area contributed by atoms with Crippen molar-refractivity contribution in [2.45, 2.75) is 13.3 Å². The molecule has 0 bridgehead atoms. The van der Waals surface area contributed by atoms with Crippen LogP contribution in [0.4, 0.5) is 21.3 Å². The predicted octanol–water partition coefficient (Wildman–Crippen LogP) is 4.03. The van der Waals surface area contributed by atoms with Gasteiger partial charge in [0, 0.05) is 29.9 Å². The molecule has 0 saturated carbocycles. The highest BCUT2D eigenvalue weighted by Crippen LogP contribution is 2.36. The van der Waals surface area contributed by atoms with Crippen LogP contribution < -0.4 is 30.2 Å². The van der Waals surface area contributed by atoms with Crippen LogP contribution in [0.25, 0.3) is 10.2 Å². The number of rotatable bonds is 5. The third kappa shape index (κ3) is 4.02. The van der Waals surface area contributed by atoms with Gasteiger partial charge in [-0.3, -0.25) is 4.79 Å². The second-order valence-corrected chi connectivity index (χ2v) is 7.12. The number of carbonyl (C=O) groups is 2. The van der Waals surface area contributed by atoms with Crippen molar-refractivity contribution in [1.29, 1.82) is 0 Å². The number of nitrogens with one attached hydrogen (secondary N) is 3. The molecular formula is C19H18N4O5S. The number of benzene rings is 2. The standard InChI is InChI=1S/C19H18N4O5S/c1-3-16(24)22-19-23-17-14(26-2)7-11(8-15(17)29-19)21-18(25)20-10-4-5-12-13(6-10)28-9-27-12/h4-8H,3,9H2,1-2H3,(H2,20,21,25)(H,22,23,24). The van der Waals surface area contributed by atoms with Crippen LogP contribution in [0.5, 0.6) is 17.2 Å². The Morgan fingerprint density at radius 3 is 2.69 bits per heavy atom. The van der Waals surface area contributed by atoms with Crippen LogP contribution in [0.15, 0.2) is 30.3 Å². The Morgan fingerprint density at radius 1 is 1.10 bits per heavy atom. The first-order valence-corrected chi connectivity index (χ1v) is 9.63. The van der Waals surface area contributed by atoms with Gasteiger partial charge in [-0.15, -0.1) is 0 Å². The number of amides is 3. The Balaban J connectivity index is 1.52. The van der Waals surface area contributed by atoms with E-state index in [0.717, 1.165) is 4.70 Å². The van der Waals surface area contributed by atoms with Gasteiger partial charge in [0.05, 0.1) is 11.8 Å². The van der Waals surface area contributed by atoms with E-state index in [1.165, 1.54) is 18.4 Å². The monoisotopic (exact) mass is 414 g/mol. The molecule has 0 atom stereocenters. The maximum Gasteiger partial charge on any atom is 0.323 e. The van der Waals surface area contributed by atoms with E-state index in [0.29, 0.717) is 45.7 Å². The molecule has 1 aliphatic heterocycles. The average Bonchev–Trinajstić information content (AvgIpc) is 3.32. The molecule has 3 N–H and O–H groups in total. The number of fused-ring (bicyclic) bond motifs is 2. The van der Waals surface area contributed by atoms with Gasteiger partial charge in [-0.2, -0.15) is 0 Å². The van der Waals surface area contributed by atoms with Gasteiger partial charge in [0.15, 0.2) is 16.6 Å². The number of carbonyl (C=O) groups excluding carboxylic acids is 2. The molecule has 150 valence electrons. The van der Waals surface area contributed by atoms with Crippen molar-refractivity contribution in [3.8, 4) is 17.2 Å². The lowest BCUT2D eigenvalue weighted by molar-refractivity contribution is -0.115. The van der Waals surface area contributed by atoms with Crippen LogP contribution in [-0.2, 0) is 4.79 Å². The first-order chi connectivity index (χ1) is 14.1. The number of hydrogen-bond donors (Lipinski definition) is 3. The van der Waals surface area contributed by atoms with Crippen molar-refractivity contribution in [3.05, 3.63) is 30.3 Å². The van der Waals surface area contributed by atoms with Crippen LogP contribution in [-0.4, -0.2) is 30.8 Å². The van der Waals surface area contributed by atoms with Gasteiger partial charge < -0.3 is 30.2 Å². The summed E-state index contributed by atoms with van der Waals surface area (Å²) in [6.45, 7) is 1.93. The molecule has 0 unspecified atom stereocenters. The van der Waals surface area contributed by atoms with Gasteiger partial charge in [0.25, 0.3) is 0 Å². The summed E-state index contributed by atoms with van der Waals surface area (Å²) in [5.74, 6) is 1.60. The molecular weight excluding hydrogens is 396 g/mol. The van der Waals surface area contributed by atoms with Crippen molar-refractivity contribution in [3.63, 3.8) is 0 Å². The maximum atomic E-state index is 12.4.